The quantitative estimate of drug-likeness (QED) is 0.741. The van der Waals surface area contributed by atoms with E-state index in [0.717, 1.165) is 0 Å². The van der Waals surface area contributed by atoms with Gasteiger partial charge in [0.1, 0.15) is 12.7 Å². The fraction of sp³-hybridized carbons (Fsp3) is 0.417. The number of hydrogen-bond acceptors (Lipinski definition) is 5. The molecule has 3 atom stereocenters. The minimum atomic E-state index is -0.981. The van der Waals surface area contributed by atoms with Crippen LogP contribution in [-0.4, -0.2) is 41.3 Å². The van der Waals surface area contributed by atoms with Crippen LogP contribution in [0.1, 0.15) is 16.8 Å². The normalized spacial score (nSPS) is 28.0. The molecule has 0 amide bonds. The summed E-state index contributed by atoms with van der Waals surface area (Å²) in [6.45, 7) is -0.0635. The maximum atomic E-state index is 11.6. The highest BCUT2D eigenvalue weighted by Crippen LogP contribution is 2.19. The molecule has 0 aromatic heterocycles. The molecule has 92 valence electrons. The van der Waals surface area contributed by atoms with E-state index in [9.17, 15) is 9.90 Å². The standard InChI is InChI=1S/C12H14O5/c13-9-6-11(14)17-10(9)7-16-12(15)8-4-2-1-3-5-8/h1-5,9-11,13-14H,6-7H2/t9-,10-,11-/m1/s1. The number of hydrogen-bond donors (Lipinski definition) is 2. The molecule has 1 aliphatic rings. The smallest absolute Gasteiger partial charge is 0.338 e. The third-order valence-electron chi connectivity index (χ3n) is 2.59. The van der Waals surface area contributed by atoms with Crippen molar-refractivity contribution in [3.8, 4) is 0 Å². The van der Waals surface area contributed by atoms with Crippen LogP contribution >= 0.6 is 0 Å². The van der Waals surface area contributed by atoms with Gasteiger partial charge in [0.2, 0.25) is 0 Å². The van der Waals surface area contributed by atoms with Crippen LogP contribution in [0.15, 0.2) is 30.3 Å². The molecule has 1 aromatic rings. The Kier molecular flexibility index (Phi) is 3.73. The number of benzene rings is 1. The van der Waals surface area contributed by atoms with Gasteiger partial charge in [-0.1, -0.05) is 18.2 Å². The number of carbonyl (C=O) groups excluding carboxylic acids is 1. The van der Waals surface area contributed by atoms with Crippen molar-refractivity contribution < 1.29 is 24.5 Å². The highest BCUT2D eigenvalue weighted by Gasteiger charge is 2.33. The van der Waals surface area contributed by atoms with Crippen molar-refractivity contribution >= 4 is 5.97 Å². The van der Waals surface area contributed by atoms with E-state index >= 15 is 0 Å². The van der Waals surface area contributed by atoms with Crippen molar-refractivity contribution in [2.75, 3.05) is 6.61 Å². The molecule has 0 aliphatic carbocycles. The van der Waals surface area contributed by atoms with E-state index in [4.69, 9.17) is 14.6 Å². The Balaban J connectivity index is 1.85. The molecular weight excluding hydrogens is 224 g/mol. The summed E-state index contributed by atoms with van der Waals surface area (Å²) in [4.78, 5) is 11.6. The molecule has 0 bridgehead atoms. The van der Waals surface area contributed by atoms with Gasteiger partial charge < -0.3 is 19.7 Å². The Bertz CT molecular complexity index is 378. The van der Waals surface area contributed by atoms with Gasteiger partial charge in [0, 0.05) is 6.42 Å². The third kappa shape index (κ3) is 3.03. The number of esters is 1. The van der Waals surface area contributed by atoms with Crippen LogP contribution in [0.4, 0.5) is 0 Å². The molecule has 1 fully saturated rings. The molecule has 5 nitrogen and oxygen atoms in total. The molecule has 0 radical (unpaired) electrons. The molecule has 2 rings (SSSR count). The molecule has 0 unspecified atom stereocenters. The first-order valence-electron chi connectivity index (χ1n) is 5.40. The zero-order valence-electron chi connectivity index (χ0n) is 9.15. The summed E-state index contributed by atoms with van der Waals surface area (Å²) in [7, 11) is 0. The van der Waals surface area contributed by atoms with E-state index in [1.165, 1.54) is 0 Å². The molecule has 1 heterocycles. The molecule has 5 heteroatoms. The summed E-state index contributed by atoms with van der Waals surface area (Å²) in [6, 6.07) is 8.56. The van der Waals surface area contributed by atoms with Gasteiger partial charge in [0.05, 0.1) is 11.7 Å². The molecular formula is C12H14O5. The maximum absolute atomic E-state index is 11.6. The van der Waals surface area contributed by atoms with Gasteiger partial charge in [-0.2, -0.15) is 0 Å². The number of carbonyl (C=O) groups is 1. The summed E-state index contributed by atoms with van der Waals surface area (Å²) in [5.41, 5.74) is 0.445. The number of ether oxygens (including phenoxy) is 2. The first kappa shape index (κ1) is 12.0. The van der Waals surface area contributed by atoms with Gasteiger partial charge in [0.15, 0.2) is 6.29 Å². The monoisotopic (exact) mass is 238 g/mol. The molecule has 1 aromatic carbocycles. The topological polar surface area (TPSA) is 76.0 Å². The molecule has 2 N–H and O–H groups in total. The van der Waals surface area contributed by atoms with E-state index < -0.39 is 24.5 Å². The van der Waals surface area contributed by atoms with Crippen molar-refractivity contribution in [2.45, 2.75) is 24.9 Å². The van der Waals surface area contributed by atoms with Crippen LogP contribution < -0.4 is 0 Å². The Hall–Kier alpha value is -1.43. The van der Waals surface area contributed by atoms with E-state index in [1.807, 2.05) is 0 Å². The lowest BCUT2D eigenvalue weighted by molar-refractivity contribution is -0.109. The zero-order valence-corrected chi connectivity index (χ0v) is 9.15. The second-order valence-electron chi connectivity index (χ2n) is 3.90. The van der Waals surface area contributed by atoms with Crippen molar-refractivity contribution in [3.63, 3.8) is 0 Å². The number of aliphatic hydroxyl groups excluding tert-OH is 2. The van der Waals surface area contributed by atoms with Crippen molar-refractivity contribution in [3.05, 3.63) is 35.9 Å². The fourth-order valence-corrected chi connectivity index (χ4v) is 1.67. The minimum absolute atomic E-state index is 0.0635. The first-order chi connectivity index (χ1) is 8.16. The van der Waals surface area contributed by atoms with Crippen LogP contribution in [0.5, 0.6) is 0 Å². The maximum Gasteiger partial charge on any atom is 0.338 e. The predicted molar refractivity (Wildman–Crippen MR) is 58.2 cm³/mol. The Morgan fingerprint density at radius 2 is 2.06 bits per heavy atom. The molecule has 0 saturated carbocycles. The molecule has 0 spiro atoms. The second kappa shape index (κ2) is 5.27. The van der Waals surface area contributed by atoms with E-state index in [2.05, 4.69) is 0 Å². The van der Waals surface area contributed by atoms with Gasteiger partial charge >= 0.3 is 5.97 Å². The van der Waals surface area contributed by atoms with Crippen molar-refractivity contribution in [2.24, 2.45) is 0 Å². The largest absolute Gasteiger partial charge is 0.459 e. The van der Waals surface area contributed by atoms with Gasteiger partial charge in [-0.3, -0.25) is 0 Å². The lowest BCUT2D eigenvalue weighted by Gasteiger charge is -2.13. The number of rotatable bonds is 3. The lowest BCUT2D eigenvalue weighted by atomic mass is 10.2. The zero-order chi connectivity index (χ0) is 12.3. The average Bonchev–Trinajstić information content (AvgIpc) is 2.66. The van der Waals surface area contributed by atoms with Crippen LogP contribution in [0.3, 0.4) is 0 Å². The van der Waals surface area contributed by atoms with Crippen LogP contribution in [0.25, 0.3) is 0 Å². The SMILES string of the molecule is O=C(OC[C@H]1O[C@@H](O)C[C@H]1O)c1ccccc1. The lowest BCUT2D eigenvalue weighted by Crippen LogP contribution is -2.28. The minimum Gasteiger partial charge on any atom is -0.459 e. The van der Waals surface area contributed by atoms with Crippen molar-refractivity contribution in [1.82, 2.24) is 0 Å². The first-order valence-corrected chi connectivity index (χ1v) is 5.40. The molecule has 17 heavy (non-hydrogen) atoms. The summed E-state index contributed by atoms with van der Waals surface area (Å²) in [5.74, 6) is -0.470. The van der Waals surface area contributed by atoms with Gasteiger partial charge in [-0.25, -0.2) is 4.79 Å². The summed E-state index contributed by atoms with van der Waals surface area (Å²) in [6.07, 6.45) is -2.29. The Morgan fingerprint density at radius 1 is 1.35 bits per heavy atom. The van der Waals surface area contributed by atoms with Gasteiger partial charge in [-0.15, -0.1) is 0 Å². The van der Waals surface area contributed by atoms with E-state index in [0.29, 0.717) is 5.56 Å². The van der Waals surface area contributed by atoms with E-state index in [-0.39, 0.29) is 13.0 Å². The summed E-state index contributed by atoms with van der Waals surface area (Å²) < 4.78 is 9.98. The Morgan fingerprint density at radius 3 is 2.65 bits per heavy atom. The van der Waals surface area contributed by atoms with Crippen LogP contribution in [-0.2, 0) is 9.47 Å². The van der Waals surface area contributed by atoms with E-state index in [1.54, 1.807) is 30.3 Å². The number of aliphatic hydroxyl groups is 2. The average molecular weight is 238 g/mol. The molecule has 1 saturated heterocycles. The second-order valence-corrected chi connectivity index (χ2v) is 3.90. The van der Waals surface area contributed by atoms with Gasteiger partial charge in [-0.05, 0) is 12.1 Å². The third-order valence-corrected chi connectivity index (χ3v) is 2.59. The predicted octanol–water partition coefficient (Wildman–Crippen LogP) is 0.312. The summed E-state index contributed by atoms with van der Waals surface area (Å²) >= 11 is 0. The summed E-state index contributed by atoms with van der Waals surface area (Å²) in [5, 5.41) is 18.6. The molecule has 1 aliphatic heterocycles. The highest BCUT2D eigenvalue weighted by atomic mass is 16.6. The van der Waals surface area contributed by atoms with Crippen LogP contribution in [0, 0.1) is 0 Å². The van der Waals surface area contributed by atoms with Crippen molar-refractivity contribution in [1.29, 1.82) is 0 Å². The Labute approximate surface area is 98.6 Å². The van der Waals surface area contributed by atoms with Gasteiger partial charge in [0.25, 0.3) is 0 Å². The van der Waals surface area contributed by atoms with Crippen LogP contribution in [0.2, 0.25) is 0 Å². The highest BCUT2D eigenvalue weighted by molar-refractivity contribution is 5.89. The fourth-order valence-electron chi connectivity index (χ4n) is 1.67.